The van der Waals surface area contributed by atoms with E-state index in [0.717, 1.165) is 12.2 Å². The zero-order valence-electron chi connectivity index (χ0n) is 11.4. The van der Waals surface area contributed by atoms with Crippen LogP contribution in [0.1, 0.15) is 26.7 Å². The summed E-state index contributed by atoms with van der Waals surface area (Å²) in [5.74, 6) is -1.87. The van der Waals surface area contributed by atoms with Gasteiger partial charge >= 0.3 is 11.9 Å². The molecule has 0 aromatic carbocycles. The maximum atomic E-state index is 11.5. The largest absolute Gasteiger partial charge is 0.459 e. The summed E-state index contributed by atoms with van der Waals surface area (Å²) in [6, 6.07) is 0. The van der Waals surface area contributed by atoms with Crippen molar-refractivity contribution in [3.63, 3.8) is 0 Å². The highest BCUT2D eigenvalue weighted by Crippen LogP contribution is 2.07. The zero-order chi connectivity index (χ0) is 15.1. The van der Waals surface area contributed by atoms with Crippen molar-refractivity contribution < 1.29 is 29.0 Å². The fourth-order valence-electron chi connectivity index (χ4n) is 1.62. The van der Waals surface area contributed by atoms with Gasteiger partial charge in [-0.15, -0.1) is 0 Å². The van der Waals surface area contributed by atoms with Crippen LogP contribution in [0.2, 0.25) is 0 Å². The van der Waals surface area contributed by atoms with E-state index in [9.17, 15) is 19.5 Å². The van der Waals surface area contributed by atoms with E-state index in [0.29, 0.717) is 6.42 Å². The fraction of sp³-hybridized carbons (Fsp3) is 0.500. The SMILES string of the molecule is CC1C/C=C/C(=O)O[C@@H](C)C[C@@H](O)C(=O)/C=C/C(=O)O1. The number of hydrogen-bond donors (Lipinski definition) is 1. The number of esters is 2. The van der Waals surface area contributed by atoms with Crippen molar-refractivity contribution in [1.29, 1.82) is 0 Å². The molecule has 0 amide bonds. The van der Waals surface area contributed by atoms with Crippen molar-refractivity contribution in [1.82, 2.24) is 0 Å². The molecular weight excluding hydrogens is 264 g/mol. The van der Waals surface area contributed by atoms with Crippen LogP contribution in [0, 0.1) is 0 Å². The van der Waals surface area contributed by atoms with Gasteiger partial charge in [-0.25, -0.2) is 9.59 Å². The highest BCUT2D eigenvalue weighted by atomic mass is 16.5. The molecule has 1 heterocycles. The third-order valence-electron chi connectivity index (χ3n) is 2.62. The Hall–Kier alpha value is -1.95. The van der Waals surface area contributed by atoms with Crippen molar-refractivity contribution in [3.8, 4) is 0 Å². The van der Waals surface area contributed by atoms with Gasteiger partial charge in [-0.2, -0.15) is 0 Å². The Kier molecular flexibility index (Phi) is 6.11. The second-order valence-electron chi connectivity index (χ2n) is 4.62. The first-order valence-electron chi connectivity index (χ1n) is 6.36. The average Bonchev–Trinajstić information content (AvgIpc) is 2.34. The lowest BCUT2D eigenvalue weighted by molar-refractivity contribution is -0.144. The number of carbonyl (C=O) groups excluding carboxylic acids is 3. The van der Waals surface area contributed by atoms with Crippen LogP contribution in [0.25, 0.3) is 0 Å². The van der Waals surface area contributed by atoms with Gasteiger partial charge in [-0.1, -0.05) is 6.08 Å². The Bertz CT molecular complexity index is 437. The molecule has 1 aliphatic heterocycles. The van der Waals surface area contributed by atoms with Crippen molar-refractivity contribution in [2.45, 2.75) is 45.0 Å². The van der Waals surface area contributed by atoms with E-state index in [1.54, 1.807) is 19.9 Å². The molecule has 0 radical (unpaired) electrons. The third kappa shape index (κ3) is 5.79. The maximum absolute atomic E-state index is 11.5. The minimum Gasteiger partial charge on any atom is -0.459 e. The van der Waals surface area contributed by atoms with Gasteiger partial charge in [-0.05, 0) is 19.9 Å². The van der Waals surface area contributed by atoms with Crippen molar-refractivity contribution >= 4 is 17.7 Å². The standard InChI is InChI=1S/C14H18O6/c1-9-4-3-5-13(17)20-10(2)8-12(16)11(15)6-7-14(18)19-9/h3,5-7,9-10,12,16H,4,8H2,1-2H3/b5-3+,7-6+/t9?,10-,12+/m0/s1. The molecule has 0 fully saturated rings. The fourth-order valence-corrected chi connectivity index (χ4v) is 1.62. The summed E-state index contributed by atoms with van der Waals surface area (Å²) in [4.78, 5) is 34.3. The van der Waals surface area contributed by atoms with Crippen LogP contribution in [-0.2, 0) is 23.9 Å². The van der Waals surface area contributed by atoms with Crippen LogP contribution in [0.15, 0.2) is 24.3 Å². The predicted octanol–water partition coefficient (Wildman–Crippen LogP) is 0.686. The monoisotopic (exact) mass is 282 g/mol. The van der Waals surface area contributed by atoms with Crippen LogP contribution in [0.4, 0.5) is 0 Å². The van der Waals surface area contributed by atoms with Crippen LogP contribution in [-0.4, -0.2) is 41.1 Å². The molecule has 3 atom stereocenters. The number of ether oxygens (including phenoxy) is 2. The summed E-state index contributed by atoms with van der Waals surface area (Å²) in [6.45, 7) is 3.24. The van der Waals surface area contributed by atoms with Gasteiger partial charge in [0.2, 0.25) is 0 Å². The smallest absolute Gasteiger partial charge is 0.331 e. The van der Waals surface area contributed by atoms with Crippen LogP contribution in [0.5, 0.6) is 0 Å². The van der Waals surface area contributed by atoms with Gasteiger partial charge in [0.1, 0.15) is 18.3 Å². The first-order chi connectivity index (χ1) is 9.38. The summed E-state index contributed by atoms with van der Waals surface area (Å²) < 4.78 is 9.97. The van der Waals surface area contributed by atoms with Crippen molar-refractivity contribution in [3.05, 3.63) is 24.3 Å². The second-order valence-corrected chi connectivity index (χ2v) is 4.62. The van der Waals surface area contributed by atoms with Gasteiger partial charge in [-0.3, -0.25) is 4.79 Å². The molecule has 0 saturated carbocycles. The van der Waals surface area contributed by atoms with Gasteiger partial charge < -0.3 is 14.6 Å². The van der Waals surface area contributed by atoms with E-state index < -0.39 is 36.0 Å². The molecule has 0 saturated heterocycles. The third-order valence-corrected chi connectivity index (χ3v) is 2.62. The Morgan fingerprint density at radius 3 is 2.30 bits per heavy atom. The molecule has 1 aliphatic rings. The number of aliphatic hydroxyl groups is 1. The number of ketones is 1. The summed E-state index contributed by atoms with van der Waals surface area (Å²) in [5.41, 5.74) is 0. The molecule has 0 spiro atoms. The quantitative estimate of drug-likeness (QED) is 0.657. The molecule has 1 N–H and O–H groups in total. The van der Waals surface area contributed by atoms with Gasteiger partial charge in [0.05, 0.1) is 0 Å². The summed E-state index contributed by atoms with van der Waals surface area (Å²) in [7, 11) is 0. The van der Waals surface area contributed by atoms with E-state index >= 15 is 0 Å². The lowest BCUT2D eigenvalue weighted by Gasteiger charge is -2.15. The number of carbonyl (C=O) groups is 3. The molecule has 0 bridgehead atoms. The summed E-state index contributed by atoms with van der Waals surface area (Å²) in [5, 5.41) is 9.62. The minimum atomic E-state index is -1.33. The van der Waals surface area contributed by atoms with E-state index in [1.165, 1.54) is 6.08 Å². The van der Waals surface area contributed by atoms with Gasteiger partial charge in [0.25, 0.3) is 0 Å². The van der Waals surface area contributed by atoms with Crippen LogP contribution >= 0.6 is 0 Å². The summed E-state index contributed by atoms with van der Waals surface area (Å²) in [6.07, 6.45) is 2.69. The van der Waals surface area contributed by atoms with E-state index in [1.807, 2.05) is 0 Å². The predicted molar refractivity (Wildman–Crippen MR) is 69.6 cm³/mol. The molecule has 20 heavy (non-hydrogen) atoms. The number of hydrogen-bond acceptors (Lipinski definition) is 6. The van der Waals surface area contributed by atoms with E-state index in [2.05, 4.69) is 0 Å². The minimum absolute atomic E-state index is 0.0335. The molecule has 1 rings (SSSR count). The Morgan fingerprint density at radius 1 is 1.00 bits per heavy atom. The molecule has 110 valence electrons. The molecule has 6 nitrogen and oxygen atoms in total. The van der Waals surface area contributed by atoms with E-state index in [-0.39, 0.29) is 6.42 Å². The molecule has 0 aliphatic carbocycles. The summed E-state index contributed by atoms with van der Waals surface area (Å²) >= 11 is 0. The lowest BCUT2D eigenvalue weighted by atomic mass is 10.1. The number of aliphatic hydroxyl groups excluding tert-OH is 1. The molecule has 0 aromatic heterocycles. The molecule has 1 unspecified atom stereocenters. The van der Waals surface area contributed by atoms with Crippen LogP contribution in [0.3, 0.4) is 0 Å². The number of cyclic esters (lactones) is 2. The van der Waals surface area contributed by atoms with Gasteiger partial charge in [0.15, 0.2) is 5.78 Å². The highest BCUT2D eigenvalue weighted by molar-refractivity contribution is 5.98. The van der Waals surface area contributed by atoms with Gasteiger partial charge in [0, 0.05) is 25.0 Å². The highest BCUT2D eigenvalue weighted by Gasteiger charge is 2.19. The van der Waals surface area contributed by atoms with Crippen molar-refractivity contribution in [2.75, 3.05) is 0 Å². The average molecular weight is 282 g/mol. The van der Waals surface area contributed by atoms with Crippen LogP contribution < -0.4 is 0 Å². The zero-order valence-corrected chi connectivity index (χ0v) is 11.4. The number of rotatable bonds is 0. The first-order valence-corrected chi connectivity index (χ1v) is 6.36. The lowest BCUT2D eigenvalue weighted by Crippen LogP contribution is -2.26. The molecule has 0 aromatic rings. The Labute approximate surface area is 117 Å². The van der Waals surface area contributed by atoms with E-state index in [4.69, 9.17) is 9.47 Å². The molecule has 6 heteroatoms. The second kappa shape index (κ2) is 7.59. The topological polar surface area (TPSA) is 89.9 Å². The Balaban J connectivity index is 2.82. The normalized spacial score (nSPS) is 32.8. The maximum Gasteiger partial charge on any atom is 0.331 e. The van der Waals surface area contributed by atoms with Crippen molar-refractivity contribution in [2.24, 2.45) is 0 Å². The Morgan fingerprint density at radius 2 is 1.60 bits per heavy atom. The molecular formula is C14H18O6. The first kappa shape index (κ1) is 16.1.